The first kappa shape index (κ1) is 13.3. The van der Waals surface area contributed by atoms with Gasteiger partial charge in [-0.15, -0.1) is 0 Å². The molecule has 6 nitrogen and oxygen atoms in total. The molecule has 0 N–H and O–H groups in total. The van der Waals surface area contributed by atoms with E-state index in [-0.39, 0.29) is 15.3 Å². The topological polar surface area (TPSA) is 87.1 Å². The zero-order valence-corrected chi connectivity index (χ0v) is 11.5. The Labute approximate surface area is 120 Å². The Kier molecular flexibility index (Phi) is 3.19. The van der Waals surface area contributed by atoms with E-state index in [1.165, 1.54) is 24.3 Å². The molecule has 0 saturated carbocycles. The van der Waals surface area contributed by atoms with Crippen molar-refractivity contribution in [3.8, 4) is 0 Å². The maximum atomic E-state index is 12.1. The number of hydrogen-bond donors (Lipinski definition) is 0. The van der Waals surface area contributed by atoms with Gasteiger partial charge in [-0.2, -0.15) is 0 Å². The molecule has 3 aromatic rings. The first-order valence-electron chi connectivity index (χ1n) is 6.04. The van der Waals surface area contributed by atoms with Gasteiger partial charge in [0.25, 0.3) is 0 Å². The predicted molar refractivity (Wildman–Crippen MR) is 75.6 cm³/mol. The second-order valence-corrected chi connectivity index (χ2v) is 6.17. The van der Waals surface area contributed by atoms with E-state index in [0.29, 0.717) is 11.1 Å². The van der Waals surface area contributed by atoms with Gasteiger partial charge in [0.2, 0.25) is 11.0 Å². The molecule has 106 valence electrons. The highest BCUT2D eigenvalue weighted by molar-refractivity contribution is 7.94. The van der Waals surface area contributed by atoms with Crippen LogP contribution in [0.1, 0.15) is 5.56 Å². The minimum absolute atomic E-state index is 0.214. The Morgan fingerprint density at radius 2 is 1.90 bits per heavy atom. The number of hydrogen-bond acceptors (Lipinski definition) is 5. The first-order chi connectivity index (χ1) is 10.1. The summed E-state index contributed by atoms with van der Waals surface area (Å²) in [6.07, 6.45) is 1.43. The van der Waals surface area contributed by atoms with Gasteiger partial charge in [-0.1, -0.05) is 24.3 Å². The number of fused-ring (bicyclic) bond motifs is 1. The zero-order valence-electron chi connectivity index (χ0n) is 10.7. The van der Waals surface area contributed by atoms with Crippen LogP contribution in [-0.2, 0) is 9.84 Å². The lowest BCUT2D eigenvalue weighted by Crippen LogP contribution is -2.22. The molecule has 2 aromatic carbocycles. The van der Waals surface area contributed by atoms with Gasteiger partial charge in [-0.3, -0.25) is 4.63 Å². The van der Waals surface area contributed by atoms with Crippen LogP contribution in [0.25, 0.3) is 17.1 Å². The summed E-state index contributed by atoms with van der Waals surface area (Å²) >= 11 is 0. The van der Waals surface area contributed by atoms with Crippen LogP contribution in [0.15, 0.2) is 63.5 Å². The van der Waals surface area contributed by atoms with Crippen molar-refractivity contribution in [3.05, 3.63) is 64.7 Å². The van der Waals surface area contributed by atoms with Crippen LogP contribution in [-0.4, -0.2) is 13.6 Å². The van der Waals surface area contributed by atoms with Crippen LogP contribution in [0.2, 0.25) is 0 Å². The van der Waals surface area contributed by atoms with Crippen molar-refractivity contribution in [1.29, 1.82) is 0 Å². The molecule has 0 radical (unpaired) electrons. The number of nitrogens with zero attached hydrogens (tertiary/aromatic N) is 2. The highest BCUT2D eigenvalue weighted by atomic mass is 32.2. The molecule has 0 aliphatic rings. The summed E-state index contributed by atoms with van der Waals surface area (Å²) in [6, 6.07) is 12.9. The van der Waals surface area contributed by atoms with Gasteiger partial charge in [0, 0.05) is 16.6 Å². The molecule has 1 heterocycles. The lowest BCUT2D eigenvalue weighted by Gasteiger charge is -1.98. The third-order valence-electron chi connectivity index (χ3n) is 2.92. The van der Waals surface area contributed by atoms with E-state index in [9.17, 15) is 13.6 Å². The monoisotopic (exact) mass is 302 g/mol. The molecule has 0 fully saturated rings. The minimum Gasteiger partial charge on any atom is -0.359 e. The minimum atomic E-state index is -3.51. The molecule has 0 spiro atoms. The fraction of sp³-hybridized carbons (Fsp3) is 0. The molecule has 7 heteroatoms. The van der Waals surface area contributed by atoms with E-state index >= 15 is 0 Å². The molecular weight excluding hydrogens is 292 g/mol. The normalized spacial score (nSPS) is 12.2. The molecule has 0 saturated heterocycles. The molecule has 21 heavy (non-hydrogen) atoms. The highest BCUT2D eigenvalue weighted by Crippen LogP contribution is 2.15. The van der Waals surface area contributed by atoms with E-state index in [2.05, 4.69) is 9.79 Å². The Hall–Kier alpha value is -2.67. The largest absolute Gasteiger partial charge is 0.359 e. The van der Waals surface area contributed by atoms with Gasteiger partial charge in [-0.05, 0) is 34.7 Å². The zero-order chi connectivity index (χ0) is 14.9. The lowest BCUT2D eigenvalue weighted by molar-refractivity contribution is -0.782. The van der Waals surface area contributed by atoms with E-state index in [0.717, 1.165) is 5.41 Å². The summed E-state index contributed by atoms with van der Waals surface area (Å²) < 4.78 is 28.7. The summed E-state index contributed by atoms with van der Waals surface area (Å²) in [5.74, 6) is 0. The molecule has 0 amide bonds. The summed E-state index contributed by atoms with van der Waals surface area (Å²) in [4.78, 5) is 0.490. The van der Waals surface area contributed by atoms with Gasteiger partial charge in [-0.25, -0.2) is 8.42 Å². The van der Waals surface area contributed by atoms with Crippen LogP contribution in [0.4, 0.5) is 0 Å². The average molecular weight is 302 g/mol. The fourth-order valence-corrected chi connectivity index (χ4v) is 2.88. The van der Waals surface area contributed by atoms with Gasteiger partial charge in [0.1, 0.15) is 0 Å². The van der Waals surface area contributed by atoms with Crippen LogP contribution in [0.5, 0.6) is 0 Å². The maximum absolute atomic E-state index is 12.1. The highest BCUT2D eigenvalue weighted by Gasteiger charge is 2.11. The number of aromatic nitrogens is 2. The number of rotatable bonds is 3. The summed E-state index contributed by atoms with van der Waals surface area (Å²) in [7, 11) is -3.51. The van der Waals surface area contributed by atoms with Crippen molar-refractivity contribution in [1.82, 2.24) is 5.16 Å². The second-order valence-electron chi connectivity index (χ2n) is 4.34. The van der Waals surface area contributed by atoms with Crippen molar-refractivity contribution in [2.45, 2.75) is 4.90 Å². The van der Waals surface area contributed by atoms with Crippen molar-refractivity contribution in [3.63, 3.8) is 0 Å². The maximum Gasteiger partial charge on any atom is 0.248 e. The lowest BCUT2D eigenvalue weighted by atomic mass is 10.2. The Bertz CT molecular complexity index is 915. The molecular formula is C14H10N2O4S. The Morgan fingerprint density at radius 1 is 1.14 bits per heavy atom. The average Bonchev–Trinajstić information content (AvgIpc) is 2.87. The number of benzene rings is 2. The molecule has 3 rings (SSSR count). The molecule has 1 aromatic heterocycles. The van der Waals surface area contributed by atoms with Gasteiger partial charge < -0.3 is 5.21 Å². The molecule has 0 bridgehead atoms. The first-order valence-corrected chi connectivity index (χ1v) is 7.59. The van der Waals surface area contributed by atoms with E-state index in [1.54, 1.807) is 30.3 Å². The van der Waals surface area contributed by atoms with Gasteiger partial charge >= 0.3 is 0 Å². The third kappa shape index (κ3) is 2.63. The van der Waals surface area contributed by atoms with Crippen molar-refractivity contribution < 1.29 is 17.9 Å². The summed E-state index contributed by atoms with van der Waals surface area (Å²) in [5, 5.41) is 16.0. The Balaban J connectivity index is 1.96. The quantitative estimate of drug-likeness (QED) is 0.690. The molecule has 0 aliphatic heterocycles. The van der Waals surface area contributed by atoms with Crippen molar-refractivity contribution in [2.24, 2.45) is 0 Å². The van der Waals surface area contributed by atoms with Crippen LogP contribution in [0.3, 0.4) is 0 Å². The van der Waals surface area contributed by atoms with Crippen molar-refractivity contribution >= 4 is 26.9 Å². The number of sulfone groups is 1. The van der Waals surface area contributed by atoms with Gasteiger partial charge in [0.15, 0.2) is 9.84 Å². The van der Waals surface area contributed by atoms with E-state index in [4.69, 9.17) is 0 Å². The summed E-state index contributed by atoms with van der Waals surface area (Å²) in [6.45, 7) is 0. The second kappa shape index (κ2) is 5.02. The van der Waals surface area contributed by atoms with Gasteiger partial charge in [0.05, 0.1) is 4.90 Å². The standard InChI is InChI=1S/C14H10N2O4S/c17-16-14-10-11(6-7-13(14)15-20-16)8-9-21(18,19)12-4-2-1-3-5-12/h1-10H/b9-8+. The molecule has 0 unspecified atom stereocenters. The van der Waals surface area contributed by atoms with Crippen molar-refractivity contribution in [2.75, 3.05) is 0 Å². The van der Waals surface area contributed by atoms with Crippen LogP contribution >= 0.6 is 0 Å². The summed E-state index contributed by atoms with van der Waals surface area (Å²) in [5.41, 5.74) is 1.22. The SMILES string of the molecule is O=S(=O)(/C=C/c1ccc2no[n+]([O-])c2c1)c1ccccc1. The molecule has 0 atom stereocenters. The van der Waals surface area contributed by atoms with E-state index < -0.39 is 9.84 Å². The fourth-order valence-electron chi connectivity index (χ4n) is 1.85. The third-order valence-corrected chi connectivity index (χ3v) is 4.34. The molecule has 0 aliphatic carbocycles. The predicted octanol–water partition coefficient (Wildman–Crippen LogP) is 1.91. The van der Waals surface area contributed by atoms with E-state index in [1.807, 2.05) is 0 Å². The smallest absolute Gasteiger partial charge is 0.248 e. The van der Waals surface area contributed by atoms with Crippen LogP contribution < -0.4 is 4.90 Å². The van der Waals surface area contributed by atoms with Crippen LogP contribution in [0, 0.1) is 5.21 Å². The Morgan fingerprint density at radius 3 is 2.67 bits per heavy atom.